The van der Waals surface area contributed by atoms with Crippen LogP contribution >= 0.6 is 0 Å². The predicted molar refractivity (Wildman–Crippen MR) is 79.9 cm³/mol. The molecule has 1 aliphatic carbocycles. The molecule has 0 saturated heterocycles. The van der Waals surface area contributed by atoms with E-state index in [9.17, 15) is 14.9 Å². The first kappa shape index (κ1) is 15.2. The fourth-order valence-corrected chi connectivity index (χ4v) is 2.64. The molecular formula is C14H20N4O3. The fourth-order valence-electron chi connectivity index (χ4n) is 2.64. The van der Waals surface area contributed by atoms with E-state index in [0.717, 1.165) is 25.7 Å². The molecule has 21 heavy (non-hydrogen) atoms. The Morgan fingerprint density at radius 2 is 1.90 bits per heavy atom. The van der Waals surface area contributed by atoms with Gasteiger partial charge in [-0.1, -0.05) is 25.7 Å². The van der Waals surface area contributed by atoms with Crippen LogP contribution in [0.15, 0.2) is 18.2 Å². The number of nitrogen functional groups attached to an aromatic ring is 1. The first-order valence-corrected chi connectivity index (χ1v) is 7.17. The minimum atomic E-state index is -0.558. The zero-order valence-electron chi connectivity index (χ0n) is 11.8. The maximum absolute atomic E-state index is 12.2. The average Bonchev–Trinajstić information content (AvgIpc) is 2.75. The van der Waals surface area contributed by atoms with E-state index in [1.165, 1.54) is 31.0 Å². The van der Waals surface area contributed by atoms with Gasteiger partial charge in [0.1, 0.15) is 5.69 Å². The lowest BCUT2D eigenvalue weighted by Crippen LogP contribution is -2.34. The van der Waals surface area contributed by atoms with Crippen molar-refractivity contribution in [1.82, 2.24) is 5.32 Å². The van der Waals surface area contributed by atoms with E-state index in [1.54, 1.807) is 0 Å². The molecule has 7 heteroatoms. The lowest BCUT2D eigenvalue weighted by atomic mass is 10.1. The quantitative estimate of drug-likeness (QED) is 0.341. The highest BCUT2D eigenvalue weighted by Gasteiger charge is 2.19. The van der Waals surface area contributed by atoms with Crippen molar-refractivity contribution < 1.29 is 9.72 Å². The van der Waals surface area contributed by atoms with Crippen molar-refractivity contribution in [2.24, 2.45) is 5.84 Å². The Bertz CT molecular complexity index is 525. The van der Waals surface area contributed by atoms with Crippen molar-refractivity contribution >= 4 is 17.3 Å². The van der Waals surface area contributed by atoms with Crippen LogP contribution < -0.4 is 16.6 Å². The SMILES string of the molecule is NNc1ccc(C(=O)NC2CCCCCC2)cc1[N+](=O)[O-]. The van der Waals surface area contributed by atoms with Crippen molar-refractivity contribution in [3.8, 4) is 0 Å². The van der Waals surface area contributed by atoms with Crippen LogP contribution in [0, 0.1) is 10.1 Å². The van der Waals surface area contributed by atoms with Crippen molar-refractivity contribution in [2.45, 2.75) is 44.6 Å². The number of hydrogen-bond donors (Lipinski definition) is 3. The zero-order chi connectivity index (χ0) is 15.2. The number of hydrazine groups is 1. The lowest BCUT2D eigenvalue weighted by Gasteiger charge is -2.16. The molecule has 1 aromatic rings. The minimum absolute atomic E-state index is 0.159. The van der Waals surface area contributed by atoms with Crippen LogP contribution in [0.5, 0.6) is 0 Å². The van der Waals surface area contributed by atoms with Gasteiger partial charge in [-0.25, -0.2) is 0 Å². The van der Waals surface area contributed by atoms with Gasteiger partial charge in [-0.05, 0) is 25.0 Å². The molecule has 0 aromatic heterocycles. The Morgan fingerprint density at radius 1 is 1.24 bits per heavy atom. The van der Waals surface area contributed by atoms with Crippen molar-refractivity contribution in [3.05, 3.63) is 33.9 Å². The fraction of sp³-hybridized carbons (Fsp3) is 0.500. The van der Waals surface area contributed by atoms with Crippen LogP contribution in [0.2, 0.25) is 0 Å². The number of carbonyl (C=O) groups is 1. The molecule has 0 radical (unpaired) electrons. The van der Waals surface area contributed by atoms with Gasteiger partial charge in [-0.3, -0.25) is 20.8 Å². The number of amides is 1. The summed E-state index contributed by atoms with van der Waals surface area (Å²) in [7, 11) is 0. The van der Waals surface area contributed by atoms with Crippen molar-refractivity contribution in [2.75, 3.05) is 5.43 Å². The number of hydrogen-bond acceptors (Lipinski definition) is 5. The number of rotatable bonds is 4. The van der Waals surface area contributed by atoms with Crippen LogP contribution in [-0.2, 0) is 0 Å². The van der Waals surface area contributed by atoms with Gasteiger partial charge in [0.15, 0.2) is 0 Å². The zero-order valence-corrected chi connectivity index (χ0v) is 11.8. The lowest BCUT2D eigenvalue weighted by molar-refractivity contribution is -0.384. The third kappa shape index (κ3) is 3.91. The van der Waals surface area contributed by atoms with E-state index in [4.69, 9.17) is 5.84 Å². The minimum Gasteiger partial charge on any atom is -0.349 e. The number of anilines is 1. The van der Waals surface area contributed by atoms with Gasteiger partial charge in [0, 0.05) is 17.7 Å². The van der Waals surface area contributed by atoms with Crippen LogP contribution in [0.4, 0.5) is 11.4 Å². The number of nitro benzene ring substituents is 1. The topological polar surface area (TPSA) is 110 Å². The molecule has 0 unspecified atom stereocenters. The van der Waals surface area contributed by atoms with E-state index < -0.39 is 4.92 Å². The van der Waals surface area contributed by atoms with Gasteiger partial charge in [-0.2, -0.15) is 0 Å². The number of nitrogens with zero attached hydrogens (tertiary/aromatic N) is 1. The van der Waals surface area contributed by atoms with Crippen LogP contribution in [-0.4, -0.2) is 16.9 Å². The molecule has 7 nitrogen and oxygen atoms in total. The smallest absolute Gasteiger partial charge is 0.294 e. The molecule has 114 valence electrons. The number of carbonyl (C=O) groups excluding carboxylic acids is 1. The molecule has 1 aliphatic rings. The molecule has 2 rings (SSSR count). The molecule has 1 saturated carbocycles. The molecular weight excluding hydrogens is 272 g/mol. The Labute approximate surface area is 123 Å². The van der Waals surface area contributed by atoms with E-state index in [1.807, 2.05) is 0 Å². The second kappa shape index (κ2) is 7.03. The third-order valence-corrected chi connectivity index (χ3v) is 3.80. The van der Waals surface area contributed by atoms with Gasteiger partial charge in [0.2, 0.25) is 0 Å². The highest BCUT2D eigenvalue weighted by Crippen LogP contribution is 2.25. The summed E-state index contributed by atoms with van der Waals surface area (Å²) in [6, 6.07) is 4.39. The Kier molecular flexibility index (Phi) is 5.10. The first-order chi connectivity index (χ1) is 10.1. The van der Waals surface area contributed by atoms with Crippen molar-refractivity contribution in [3.63, 3.8) is 0 Å². The Hall–Kier alpha value is -2.15. The van der Waals surface area contributed by atoms with Gasteiger partial charge >= 0.3 is 0 Å². The summed E-state index contributed by atoms with van der Waals surface area (Å²) in [5.41, 5.74) is 2.53. The molecule has 0 spiro atoms. The summed E-state index contributed by atoms with van der Waals surface area (Å²) < 4.78 is 0. The molecule has 4 N–H and O–H groups in total. The molecule has 0 heterocycles. The predicted octanol–water partition coefficient (Wildman–Crippen LogP) is 2.33. The number of nitrogens with one attached hydrogen (secondary N) is 2. The molecule has 1 fully saturated rings. The second-order valence-electron chi connectivity index (χ2n) is 5.30. The maximum Gasteiger partial charge on any atom is 0.294 e. The van der Waals surface area contributed by atoms with Gasteiger partial charge in [0.25, 0.3) is 11.6 Å². The second-order valence-corrected chi connectivity index (χ2v) is 5.30. The summed E-state index contributed by atoms with van der Waals surface area (Å²) in [6.07, 6.45) is 6.57. The largest absolute Gasteiger partial charge is 0.349 e. The average molecular weight is 292 g/mol. The molecule has 1 aromatic carbocycles. The van der Waals surface area contributed by atoms with Gasteiger partial charge in [0.05, 0.1) is 4.92 Å². The van der Waals surface area contributed by atoms with Crippen molar-refractivity contribution in [1.29, 1.82) is 0 Å². The summed E-state index contributed by atoms with van der Waals surface area (Å²) in [5.74, 6) is 4.96. The highest BCUT2D eigenvalue weighted by molar-refractivity contribution is 5.95. The van der Waals surface area contributed by atoms with E-state index in [0.29, 0.717) is 0 Å². The standard InChI is InChI=1S/C14H20N4O3/c15-17-12-8-7-10(9-13(12)18(20)21)14(19)16-11-5-3-1-2-4-6-11/h7-9,11,17H,1-6,15H2,(H,16,19). The van der Waals surface area contributed by atoms with E-state index in [-0.39, 0.29) is 28.9 Å². The molecule has 0 bridgehead atoms. The Morgan fingerprint density at radius 3 is 2.48 bits per heavy atom. The monoisotopic (exact) mass is 292 g/mol. The normalized spacial score (nSPS) is 16.0. The van der Waals surface area contributed by atoms with Crippen LogP contribution in [0.25, 0.3) is 0 Å². The number of benzene rings is 1. The molecule has 0 atom stereocenters. The Balaban J connectivity index is 2.11. The molecule has 1 amide bonds. The third-order valence-electron chi connectivity index (χ3n) is 3.80. The summed E-state index contributed by atoms with van der Waals surface area (Å²) >= 11 is 0. The first-order valence-electron chi connectivity index (χ1n) is 7.17. The summed E-state index contributed by atoms with van der Waals surface area (Å²) in [6.45, 7) is 0. The number of nitro groups is 1. The summed E-state index contributed by atoms with van der Waals surface area (Å²) in [5, 5.41) is 13.9. The van der Waals surface area contributed by atoms with Gasteiger partial charge < -0.3 is 10.7 Å². The van der Waals surface area contributed by atoms with Crippen LogP contribution in [0.3, 0.4) is 0 Å². The van der Waals surface area contributed by atoms with E-state index in [2.05, 4.69) is 10.7 Å². The van der Waals surface area contributed by atoms with E-state index >= 15 is 0 Å². The number of nitrogens with two attached hydrogens (primary N) is 1. The summed E-state index contributed by atoms with van der Waals surface area (Å²) in [4.78, 5) is 22.6. The van der Waals surface area contributed by atoms with Crippen LogP contribution in [0.1, 0.15) is 48.9 Å². The maximum atomic E-state index is 12.2. The molecule has 0 aliphatic heterocycles. The van der Waals surface area contributed by atoms with Gasteiger partial charge in [-0.15, -0.1) is 0 Å². The highest BCUT2D eigenvalue weighted by atomic mass is 16.6.